The number of aryl methyl sites for hydroxylation is 1. The number of halogens is 4. The number of aromatic carboxylic acids is 1. The van der Waals surface area contributed by atoms with Gasteiger partial charge in [-0.25, -0.2) is 4.79 Å². The highest BCUT2D eigenvalue weighted by Gasteiger charge is 2.39. The average Bonchev–Trinajstić information content (AvgIpc) is 2.19. The molecular weight excluding hydrogens is 319 g/mol. The van der Waals surface area contributed by atoms with E-state index in [1.54, 1.807) is 6.92 Å². The molecule has 8 heteroatoms. The van der Waals surface area contributed by atoms with Crippen LogP contribution in [0.25, 0.3) is 0 Å². The molecule has 4 nitrogen and oxygen atoms in total. The highest BCUT2D eigenvalue weighted by molar-refractivity contribution is 9.10. The van der Waals surface area contributed by atoms with Crippen LogP contribution in [0.5, 0.6) is 0 Å². The van der Waals surface area contributed by atoms with Crippen molar-refractivity contribution in [2.45, 2.75) is 13.1 Å². The topological polar surface area (TPSA) is 66.4 Å². The van der Waals surface area contributed by atoms with Gasteiger partial charge < -0.3 is 10.4 Å². The van der Waals surface area contributed by atoms with E-state index in [2.05, 4.69) is 15.9 Å². The smallest absolute Gasteiger partial charge is 0.471 e. The quantitative estimate of drug-likeness (QED) is 0.878. The molecule has 1 amide bonds. The van der Waals surface area contributed by atoms with Gasteiger partial charge in [-0.3, -0.25) is 4.79 Å². The molecule has 1 rings (SSSR count). The van der Waals surface area contributed by atoms with Crippen molar-refractivity contribution < 1.29 is 27.9 Å². The van der Waals surface area contributed by atoms with Crippen LogP contribution in [0.2, 0.25) is 0 Å². The van der Waals surface area contributed by atoms with E-state index in [1.165, 1.54) is 17.4 Å². The number of alkyl halides is 3. The normalized spacial score (nSPS) is 11.2. The minimum Gasteiger partial charge on any atom is -0.478 e. The second-order valence-electron chi connectivity index (χ2n) is 3.43. The zero-order valence-electron chi connectivity index (χ0n) is 8.93. The van der Waals surface area contributed by atoms with Gasteiger partial charge in [0.1, 0.15) is 0 Å². The minimum absolute atomic E-state index is 0.0671. The van der Waals surface area contributed by atoms with Crippen LogP contribution in [0.3, 0.4) is 0 Å². The van der Waals surface area contributed by atoms with E-state index in [4.69, 9.17) is 5.11 Å². The predicted molar refractivity (Wildman–Crippen MR) is 60.5 cm³/mol. The van der Waals surface area contributed by atoms with E-state index >= 15 is 0 Å². The molecule has 0 atom stereocenters. The first-order valence-corrected chi connectivity index (χ1v) is 5.34. The maximum Gasteiger partial charge on any atom is 0.471 e. The zero-order chi connectivity index (χ0) is 14.1. The second-order valence-corrected chi connectivity index (χ2v) is 4.28. The second kappa shape index (κ2) is 4.97. The fourth-order valence-corrected chi connectivity index (χ4v) is 1.90. The Kier molecular flexibility index (Phi) is 4.00. The molecular formula is C10H7BrF3NO3. The summed E-state index contributed by atoms with van der Waals surface area (Å²) in [7, 11) is 0. The van der Waals surface area contributed by atoms with Gasteiger partial charge in [-0.1, -0.05) is 0 Å². The first-order chi connectivity index (χ1) is 8.12. The summed E-state index contributed by atoms with van der Waals surface area (Å²) in [6.07, 6.45) is -5.08. The molecule has 0 bridgehead atoms. The fraction of sp³-hybridized carbons (Fsp3) is 0.200. The first kappa shape index (κ1) is 14.5. The Morgan fingerprint density at radius 2 is 1.89 bits per heavy atom. The third-order valence-corrected chi connectivity index (χ3v) is 2.59. The minimum atomic E-state index is -5.08. The van der Waals surface area contributed by atoms with Crippen molar-refractivity contribution in [2.24, 2.45) is 0 Å². The first-order valence-electron chi connectivity index (χ1n) is 4.54. The number of hydrogen-bond donors (Lipinski definition) is 2. The zero-order valence-corrected chi connectivity index (χ0v) is 10.5. The molecule has 0 unspecified atom stereocenters. The van der Waals surface area contributed by atoms with Crippen molar-refractivity contribution in [3.8, 4) is 0 Å². The molecule has 0 aliphatic heterocycles. The number of carboxylic acid groups (broad SMARTS) is 1. The third kappa shape index (κ3) is 3.22. The molecule has 0 aromatic heterocycles. The van der Waals surface area contributed by atoms with E-state index in [0.717, 1.165) is 0 Å². The SMILES string of the molecule is Cc1cc(Br)c(NC(=O)C(F)(F)F)c(C(=O)O)c1. The molecule has 0 heterocycles. The van der Waals surface area contributed by atoms with E-state index in [-0.39, 0.29) is 4.47 Å². The van der Waals surface area contributed by atoms with Crippen molar-refractivity contribution in [3.05, 3.63) is 27.7 Å². The molecule has 0 aliphatic rings. The summed E-state index contributed by atoms with van der Waals surface area (Å²) < 4.78 is 36.4. The molecule has 98 valence electrons. The summed E-state index contributed by atoms with van der Waals surface area (Å²) in [5.41, 5.74) is -0.306. The maximum absolute atomic E-state index is 12.1. The maximum atomic E-state index is 12.1. The van der Waals surface area contributed by atoms with Gasteiger partial charge in [-0.05, 0) is 40.5 Å². The Bertz CT molecular complexity index is 514. The number of anilines is 1. The lowest BCUT2D eigenvalue weighted by Gasteiger charge is -2.13. The number of carbonyl (C=O) groups excluding carboxylic acids is 1. The van der Waals surface area contributed by atoms with E-state index < -0.39 is 29.3 Å². The van der Waals surface area contributed by atoms with E-state index in [9.17, 15) is 22.8 Å². The van der Waals surface area contributed by atoms with Gasteiger partial charge in [0, 0.05) is 4.47 Å². The Morgan fingerprint density at radius 1 is 1.33 bits per heavy atom. The molecule has 0 saturated carbocycles. The van der Waals surface area contributed by atoms with Gasteiger partial charge in [0.2, 0.25) is 0 Å². The molecule has 0 saturated heterocycles. The number of benzene rings is 1. The number of amides is 1. The van der Waals surface area contributed by atoms with Crippen molar-refractivity contribution >= 4 is 33.5 Å². The Morgan fingerprint density at radius 3 is 2.33 bits per heavy atom. The van der Waals surface area contributed by atoms with Crippen molar-refractivity contribution in [1.29, 1.82) is 0 Å². The number of nitrogens with one attached hydrogen (secondary N) is 1. The van der Waals surface area contributed by atoms with Gasteiger partial charge in [-0.15, -0.1) is 0 Å². The van der Waals surface area contributed by atoms with Crippen LogP contribution in [0.1, 0.15) is 15.9 Å². The predicted octanol–water partition coefficient (Wildman–Crippen LogP) is 2.96. The molecule has 0 spiro atoms. The van der Waals surface area contributed by atoms with Gasteiger partial charge in [0.05, 0.1) is 11.3 Å². The van der Waals surface area contributed by atoms with Gasteiger partial charge in [0.15, 0.2) is 0 Å². The third-order valence-electron chi connectivity index (χ3n) is 1.96. The standard InChI is InChI=1S/C10H7BrF3NO3/c1-4-2-5(8(16)17)7(6(11)3-4)15-9(18)10(12,13)14/h2-3H,1H3,(H,15,18)(H,16,17). The van der Waals surface area contributed by atoms with Gasteiger partial charge in [0.25, 0.3) is 0 Å². The van der Waals surface area contributed by atoms with E-state index in [0.29, 0.717) is 5.56 Å². The Balaban J connectivity index is 3.24. The largest absolute Gasteiger partial charge is 0.478 e. The lowest BCUT2D eigenvalue weighted by atomic mass is 10.1. The van der Waals surface area contributed by atoms with Crippen LogP contribution in [-0.4, -0.2) is 23.2 Å². The lowest BCUT2D eigenvalue weighted by Crippen LogP contribution is -2.30. The van der Waals surface area contributed by atoms with Crippen molar-refractivity contribution in [3.63, 3.8) is 0 Å². The number of rotatable bonds is 2. The molecule has 18 heavy (non-hydrogen) atoms. The summed E-state index contributed by atoms with van der Waals surface area (Å²) in [5, 5.41) is 10.4. The van der Waals surface area contributed by atoms with Gasteiger partial charge >= 0.3 is 18.1 Å². The van der Waals surface area contributed by atoms with Crippen molar-refractivity contribution in [1.82, 2.24) is 0 Å². The summed E-state index contributed by atoms with van der Waals surface area (Å²) >= 11 is 2.92. The van der Waals surface area contributed by atoms with Crippen LogP contribution in [0, 0.1) is 6.92 Å². The summed E-state index contributed by atoms with van der Waals surface area (Å²) in [6.45, 7) is 1.58. The van der Waals surface area contributed by atoms with E-state index in [1.807, 2.05) is 0 Å². The Hall–Kier alpha value is -1.57. The Labute approximate surface area is 108 Å². The van der Waals surface area contributed by atoms with Crippen molar-refractivity contribution in [2.75, 3.05) is 5.32 Å². The van der Waals surface area contributed by atoms with Crippen LogP contribution < -0.4 is 5.32 Å². The van der Waals surface area contributed by atoms with Crippen LogP contribution in [0.15, 0.2) is 16.6 Å². The molecule has 0 fully saturated rings. The van der Waals surface area contributed by atoms with Crippen LogP contribution in [-0.2, 0) is 4.79 Å². The average molecular weight is 326 g/mol. The molecule has 1 aromatic carbocycles. The highest BCUT2D eigenvalue weighted by atomic mass is 79.9. The summed E-state index contributed by atoms with van der Waals surface area (Å²) in [6, 6.07) is 2.57. The summed E-state index contributed by atoms with van der Waals surface area (Å²) in [4.78, 5) is 21.7. The fourth-order valence-electron chi connectivity index (χ4n) is 1.22. The molecule has 0 radical (unpaired) electrons. The molecule has 2 N–H and O–H groups in total. The number of hydrogen-bond acceptors (Lipinski definition) is 2. The van der Waals surface area contributed by atoms with Gasteiger partial charge in [-0.2, -0.15) is 13.2 Å². The summed E-state index contributed by atoms with van der Waals surface area (Å²) in [5.74, 6) is -3.66. The number of carbonyl (C=O) groups is 2. The molecule has 0 aliphatic carbocycles. The molecule has 1 aromatic rings. The monoisotopic (exact) mass is 325 g/mol. The number of carboxylic acids is 1. The highest BCUT2D eigenvalue weighted by Crippen LogP contribution is 2.30. The van der Waals surface area contributed by atoms with Crippen LogP contribution >= 0.6 is 15.9 Å². The van der Waals surface area contributed by atoms with Crippen LogP contribution in [0.4, 0.5) is 18.9 Å². The lowest BCUT2D eigenvalue weighted by molar-refractivity contribution is -0.167.